The molecule has 7 nitrogen and oxygen atoms in total. The van der Waals surface area contributed by atoms with Gasteiger partial charge >= 0.3 is 0 Å². The molecule has 1 aromatic carbocycles. The Bertz CT molecular complexity index is 698. The van der Waals surface area contributed by atoms with Gasteiger partial charge in [-0.1, -0.05) is 12.1 Å². The number of fused-ring (bicyclic) bond motifs is 1. The van der Waals surface area contributed by atoms with E-state index in [-0.39, 0.29) is 18.4 Å². The molecule has 7 heteroatoms. The third-order valence-corrected chi connectivity index (χ3v) is 4.18. The highest BCUT2D eigenvalue weighted by molar-refractivity contribution is 5.90. The van der Waals surface area contributed by atoms with Crippen LogP contribution in [-0.4, -0.2) is 47.2 Å². The summed E-state index contributed by atoms with van der Waals surface area (Å²) in [5.41, 5.74) is 6.24. The molecule has 1 aliphatic rings. The number of aliphatic hydroxyl groups is 1. The van der Waals surface area contributed by atoms with Crippen molar-refractivity contribution in [1.82, 2.24) is 9.97 Å². The number of piperidine rings is 1. The lowest BCUT2D eigenvalue weighted by Gasteiger charge is -2.30. The van der Waals surface area contributed by atoms with E-state index in [4.69, 9.17) is 10.8 Å². The average molecular weight is 315 g/mol. The first-order valence-electron chi connectivity index (χ1n) is 7.85. The van der Waals surface area contributed by atoms with Gasteiger partial charge in [0.25, 0.3) is 0 Å². The molecule has 0 spiro atoms. The number of primary amides is 1. The van der Waals surface area contributed by atoms with Gasteiger partial charge in [-0.25, -0.2) is 4.98 Å². The van der Waals surface area contributed by atoms with E-state index in [1.807, 2.05) is 24.3 Å². The molecule has 1 aliphatic heterocycles. The van der Waals surface area contributed by atoms with Crippen molar-refractivity contribution >= 4 is 28.6 Å². The second-order valence-corrected chi connectivity index (χ2v) is 5.70. The topological polar surface area (TPSA) is 104 Å². The number of hydrogen-bond donors (Lipinski definition) is 3. The highest BCUT2D eigenvalue weighted by Gasteiger charge is 2.25. The number of amides is 1. The summed E-state index contributed by atoms with van der Waals surface area (Å²) in [5, 5.41) is 13.1. The molecule has 122 valence electrons. The fourth-order valence-corrected chi connectivity index (χ4v) is 2.88. The molecular formula is C16H21N5O2. The first-order chi connectivity index (χ1) is 11.2. The number of nitrogens with one attached hydrogen (secondary N) is 1. The molecule has 0 atom stereocenters. The van der Waals surface area contributed by atoms with E-state index in [9.17, 15) is 4.79 Å². The van der Waals surface area contributed by atoms with Crippen LogP contribution in [0.5, 0.6) is 0 Å². The number of anilines is 2. The number of nitrogens with two attached hydrogens (primary N) is 1. The summed E-state index contributed by atoms with van der Waals surface area (Å²) in [7, 11) is 0. The second kappa shape index (κ2) is 6.78. The normalized spacial score (nSPS) is 15.8. The highest BCUT2D eigenvalue weighted by Crippen LogP contribution is 2.26. The summed E-state index contributed by atoms with van der Waals surface area (Å²) in [4.78, 5) is 22.6. The molecule has 0 radical (unpaired) electrons. The summed E-state index contributed by atoms with van der Waals surface area (Å²) < 4.78 is 0. The molecule has 1 saturated heterocycles. The van der Waals surface area contributed by atoms with Crippen LogP contribution in [0.25, 0.3) is 10.9 Å². The molecule has 0 unspecified atom stereocenters. The molecule has 1 fully saturated rings. The van der Waals surface area contributed by atoms with Crippen LogP contribution in [-0.2, 0) is 4.79 Å². The van der Waals surface area contributed by atoms with Crippen LogP contribution >= 0.6 is 0 Å². The monoisotopic (exact) mass is 315 g/mol. The van der Waals surface area contributed by atoms with E-state index >= 15 is 0 Å². The number of carbonyl (C=O) groups excluding carboxylic acids is 1. The fraction of sp³-hybridized carbons (Fsp3) is 0.438. The van der Waals surface area contributed by atoms with Gasteiger partial charge < -0.3 is 21.1 Å². The van der Waals surface area contributed by atoms with Crippen LogP contribution in [0.3, 0.4) is 0 Å². The van der Waals surface area contributed by atoms with Gasteiger partial charge in [0.1, 0.15) is 5.82 Å². The number of carbonyl (C=O) groups is 1. The van der Waals surface area contributed by atoms with Gasteiger partial charge in [0.2, 0.25) is 11.9 Å². The maximum Gasteiger partial charge on any atom is 0.227 e. The Morgan fingerprint density at radius 1 is 1.30 bits per heavy atom. The Balaban J connectivity index is 1.87. The minimum atomic E-state index is -0.227. The van der Waals surface area contributed by atoms with Crippen molar-refractivity contribution in [3.05, 3.63) is 24.3 Å². The summed E-state index contributed by atoms with van der Waals surface area (Å²) in [6.45, 7) is 1.90. The molecule has 3 rings (SSSR count). The quantitative estimate of drug-likeness (QED) is 0.751. The standard InChI is InChI=1S/C16H21N5O2/c17-14(23)11-5-8-21(9-6-11)16-19-13-4-2-1-3-12(13)15(20-16)18-7-10-22/h1-4,11,22H,5-10H2,(H2,17,23)(H,18,19,20). The van der Waals surface area contributed by atoms with Crippen molar-refractivity contribution in [3.8, 4) is 0 Å². The first-order valence-corrected chi connectivity index (χ1v) is 7.85. The number of aliphatic hydroxyl groups excluding tert-OH is 1. The number of nitrogens with zero attached hydrogens (tertiary/aromatic N) is 3. The third kappa shape index (κ3) is 3.34. The molecule has 2 heterocycles. The maximum absolute atomic E-state index is 11.3. The number of para-hydroxylation sites is 1. The lowest BCUT2D eigenvalue weighted by Crippen LogP contribution is -2.39. The van der Waals surface area contributed by atoms with Crippen molar-refractivity contribution < 1.29 is 9.90 Å². The van der Waals surface area contributed by atoms with Crippen molar-refractivity contribution in [1.29, 1.82) is 0 Å². The van der Waals surface area contributed by atoms with Gasteiger partial charge in [-0.2, -0.15) is 4.98 Å². The Kier molecular flexibility index (Phi) is 4.57. The molecular weight excluding hydrogens is 294 g/mol. The van der Waals surface area contributed by atoms with Crippen molar-refractivity contribution in [3.63, 3.8) is 0 Å². The SMILES string of the molecule is NC(=O)C1CCN(c2nc(NCCO)c3ccccc3n2)CC1. The van der Waals surface area contributed by atoms with Gasteiger partial charge in [-0.05, 0) is 25.0 Å². The zero-order chi connectivity index (χ0) is 16.2. The van der Waals surface area contributed by atoms with Crippen molar-refractivity contribution in [2.24, 2.45) is 11.7 Å². The van der Waals surface area contributed by atoms with Gasteiger partial charge in [0.05, 0.1) is 12.1 Å². The van der Waals surface area contributed by atoms with Crippen LogP contribution < -0.4 is 16.0 Å². The predicted molar refractivity (Wildman–Crippen MR) is 89.2 cm³/mol. The van der Waals surface area contributed by atoms with E-state index in [0.717, 1.165) is 29.6 Å². The van der Waals surface area contributed by atoms with Crippen LogP contribution in [0, 0.1) is 5.92 Å². The number of aromatic nitrogens is 2. The smallest absolute Gasteiger partial charge is 0.227 e. The second-order valence-electron chi connectivity index (χ2n) is 5.70. The van der Waals surface area contributed by atoms with Gasteiger partial charge in [-0.15, -0.1) is 0 Å². The Morgan fingerprint density at radius 3 is 2.74 bits per heavy atom. The maximum atomic E-state index is 11.3. The van der Waals surface area contributed by atoms with E-state index in [1.165, 1.54) is 0 Å². The van der Waals surface area contributed by atoms with Crippen LogP contribution in [0.4, 0.5) is 11.8 Å². The van der Waals surface area contributed by atoms with Crippen LogP contribution in [0.15, 0.2) is 24.3 Å². The lowest BCUT2D eigenvalue weighted by molar-refractivity contribution is -0.122. The van der Waals surface area contributed by atoms with Gasteiger partial charge in [0, 0.05) is 30.9 Å². The van der Waals surface area contributed by atoms with Crippen molar-refractivity contribution in [2.45, 2.75) is 12.8 Å². The molecule has 1 amide bonds. The molecule has 0 aliphatic carbocycles. The minimum absolute atomic E-state index is 0.0394. The van der Waals surface area contributed by atoms with Crippen molar-refractivity contribution in [2.75, 3.05) is 36.5 Å². The Labute approximate surface area is 134 Å². The summed E-state index contributed by atoms with van der Waals surface area (Å²) >= 11 is 0. The van der Waals surface area contributed by atoms with E-state index in [2.05, 4.69) is 20.2 Å². The zero-order valence-corrected chi connectivity index (χ0v) is 12.9. The fourth-order valence-electron chi connectivity index (χ4n) is 2.88. The van der Waals surface area contributed by atoms with Crippen LogP contribution in [0.2, 0.25) is 0 Å². The molecule has 0 bridgehead atoms. The van der Waals surface area contributed by atoms with E-state index in [0.29, 0.717) is 25.6 Å². The number of benzene rings is 1. The molecule has 1 aromatic heterocycles. The molecule has 23 heavy (non-hydrogen) atoms. The minimum Gasteiger partial charge on any atom is -0.395 e. The highest BCUT2D eigenvalue weighted by atomic mass is 16.3. The third-order valence-electron chi connectivity index (χ3n) is 4.18. The number of hydrogen-bond acceptors (Lipinski definition) is 6. The zero-order valence-electron chi connectivity index (χ0n) is 12.9. The lowest BCUT2D eigenvalue weighted by atomic mass is 9.96. The van der Waals surface area contributed by atoms with Crippen LogP contribution in [0.1, 0.15) is 12.8 Å². The summed E-state index contributed by atoms with van der Waals surface area (Å²) in [6.07, 6.45) is 1.45. The largest absolute Gasteiger partial charge is 0.395 e. The average Bonchev–Trinajstić information content (AvgIpc) is 2.59. The first kappa shape index (κ1) is 15.5. The summed E-state index contributed by atoms with van der Waals surface area (Å²) in [6, 6.07) is 7.78. The van der Waals surface area contributed by atoms with Gasteiger partial charge in [0.15, 0.2) is 0 Å². The van der Waals surface area contributed by atoms with E-state index in [1.54, 1.807) is 0 Å². The molecule has 4 N–H and O–H groups in total. The molecule has 0 saturated carbocycles. The summed E-state index contributed by atoms with van der Waals surface area (Å²) in [5.74, 6) is 1.08. The Morgan fingerprint density at radius 2 is 2.04 bits per heavy atom. The Hall–Kier alpha value is -2.41. The predicted octanol–water partition coefficient (Wildman–Crippen LogP) is 0.736. The molecule has 2 aromatic rings. The van der Waals surface area contributed by atoms with E-state index < -0.39 is 0 Å². The number of rotatable bonds is 5. The van der Waals surface area contributed by atoms with Gasteiger partial charge in [-0.3, -0.25) is 4.79 Å².